The predicted octanol–water partition coefficient (Wildman–Crippen LogP) is 9.02. The molecule has 0 saturated heterocycles. The first-order valence-corrected chi connectivity index (χ1v) is 17.7. The summed E-state index contributed by atoms with van der Waals surface area (Å²) in [7, 11) is -2.74. The minimum Gasteiger partial charge on any atom is -0.109 e. The maximum absolute atomic E-state index is 4.05. The van der Waals surface area contributed by atoms with E-state index in [-0.39, 0.29) is 5.41 Å². The lowest BCUT2D eigenvalue weighted by atomic mass is 9.84. The van der Waals surface area contributed by atoms with Crippen molar-refractivity contribution in [3.63, 3.8) is 0 Å². The zero-order valence-electron chi connectivity index (χ0n) is 26.1. The van der Waals surface area contributed by atoms with E-state index in [2.05, 4.69) is 196 Å². The molecule has 0 radical (unpaired) electrons. The molecule has 1 heteroatoms. The third kappa shape index (κ3) is 5.18. The summed E-state index contributed by atoms with van der Waals surface area (Å²) in [4.78, 5) is 0. The zero-order chi connectivity index (χ0) is 30.9. The molecule has 0 aromatic heterocycles. The monoisotopic (exact) mass is 592 g/mol. The molecule has 0 aliphatic rings. The van der Waals surface area contributed by atoms with Crippen LogP contribution in [-0.4, -0.2) is 8.07 Å². The molecule has 0 heterocycles. The smallest absolute Gasteiger partial charge is 0.109 e. The number of rotatable bonds is 4. The van der Waals surface area contributed by atoms with Crippen LogP contribution in [0.3, 0.4) is 0 Å². The molecule has 0 fully saturated rings. The van der Waals surface area contributed by atoms with Gasteiger partial charge in [-0.3, -0.25) is 0 Å². The highest BCUT2D eigenvalue weighted by molar-refractivity contribution is 7.16. The second-order valence-corrected chi connectivity index (χ2v) is 16.2. The van der Waals surface area contributed by atoms with E-state index in [4.69, 9.17) is 0 Å². The third-order valence-electron chi connectivity index (χ3n) is 8.97. The van der Waals surface area contributed by atoms with Gasteiger partial charge >= 0.3 is 0 Å². The molecule has 0 unspecified atom stereocenters. The highest BCUT2D eigenvalue weighted by atomic mass is 28.3. The molecule has 0 aliphatic carbocycles. The maximum atomic E-state index is 4.05. The second-order valence-electron chi connectivity index (χ2n) is 12.8. The van der Waals surface area contributed by atoms with Gasteiger partial charge in [0.05, 0.1) is 0 Å². The lowest BCUT2D eigenvalue weighted by molar-refractivity contribution is 0.590. The fourth-order valence-electron chi connectivity index (χ4n) is 6.65. The number of fused-ring (bicyclic) bond motifs is 2. The number of benzene rings is 7. The Bertz CT molecular complexity index is 2010. The van der Waals surface area contributed by atoms with E-state index in [0.717, 1.165) is 5.56 Å². The molecule has 0 N–H and O–H groups in total. The molecule has 0 spiro atoms. The average Bonchev–Trinajstić information content (AvgIpc) is 3.09. The van der Waals surface area contributed by atoms with Crippen molar-refractivity contribution in [2.24, 2.45) is 0 Å². The lowest BCUT2D eigenvalue weighted by Crippen LogP contribution is -2.66. The number of hydrogen-bond donors (Lipinski definition) is 0. The Hall–Kier alpha value is -5.16. The van der Waals surface area contributed by atoms with Crippen LogP contribution in [0, 0.1) is 11.5 Å². The summed E-state index contributed by atoms with van der Waals surface area (Å²) >= 11 is 0. The molecule has 0 amide bonds. The van der Waals surface area contributed by atoms with Gasteiger partial charge in [-0.05, 0) is 59.2 Å². The minimum absolute atomic E-state index is 0.106. The SMILES string of the molecule is CC(C)(C)c1ccc(-c2c3ccccc3c(C#C[Si](c3ccccc3)(c3ccccc3)c3ccccc3)c3ccccc23)cc1. The molecule has 0 atom stereocenters. The van der Waals surface area contributed by atoms with E-state index in [0.29, 0.717) is 0 Å². The Kier molecular flexibility index (Phi) is 7.46. The normalized spacial score (nSPS) is 11.7. The Balaban J connectivity index is 1.54. The van der Waals surface area contributed by atoms with Crippen molar-refractivity contribution in [1.29, 1.82) is 0 Å². The number of hydrogen-bond acceptors (Lipinski definition) is 0. The Morgan fingerprint density at radius 1 is 0.422 bits per heavy atom. The van der Waals surface area contributed by atoms with Gasteiger partial charge in [-0.2, -0.15) is 0 Å². The van der Waals surface area contributed by atoms with Gasteiger partial charge in [0.25, 0.3) is 0 Å². The molecule has 45 heavy (non-hydrogen) atoms. The maximum Gasteiger partial charge on any atom is 0.230 e. The zero-order valence-corrected chi connectivity index (χ0v) is 27.1. The molecule has 7 aromatic rings. The van der Waals surface area contributed by atoms with E-state index in [1.54, 1.807) is 0 Å². The van der Waals surface area contributed by atoms with Crippen molar-refractivity contribution >= 4 is 45.2 Å². The van der Waals surface area contributed by atoms with Crippen molar-refractivity contribution in [1.82, 2.24) is 0 Å². The van der Waals surface area contributed by atoms with E-state index >= 15 is 0 Å². The van der Waals surface area contributed by atoms with Crippen LogP contribution >= 0.6 is 0 Å². The van der Waals surface area contributed by atoms with Gasteiger partial charge in [0.2, 0.25) is 8.07 Å². The van der Waals surface area contributed by atoms with Gasteiger partial charge < -0.3 is 0 Å². The summed E-state index contributed by atoms with van der Waals surface area (Å²) in [5, 5.41) is 8.72. The Labute approximate surface area is 268 Å². The molecular weight excluding hydrogens is 557 g/mol. The summed E-state index contributed by atoms with van der Waals surface area (Å²) in [6, 6.07) is 59.5. The van der Waals surface area contributed by atoms with E-state index in [9.17, 15) is 0 Å². The first-order valence-electron chi connectivity index (χ1n) is 15.7. The lowest BCUT2D eigenvalue weighted by Gasteiger charge is -2.28. The van der Waals surface area contributed by atoms with Crippen LogP contribution in [0.2, 0.25) is 0 Å². The molecule has 216 valence electrons. The molecule has 0 nitrogen and oxygen atoms in total. The summed E-state index contributed by atoms with van der Waals surface area (Å²) in [5.41, 5.74) is 9.09. The van der Waals surface area contributed by atoms with Gasteiger partial charge in [-0.25, -0.2) is 0 Å². The summed E-state index contributed by atoms with van der Waals surface area (Å²) in [5.74, 6) is 3.89. The van der Waals surface area contributed by atoms with E-state index in [1.165, 1.54) is 53.8 Å². The van der Waals surface area contributed by atoms with Crippen LogP contribution in [0.15, 0.2) is 164 Å². The standard InChI is InChI=1S/C44H36Si/c1-44(2,3)34-29-27-33(28-30-34)43-41-25-15-13-23-38(41)40(39-24-14-16-26-42(39)43)31-32-45(35-17-7-4-8-18-35,36-19-9-5-10-20-36)37-21-11-6-12-22-37/h4-30H,1-3H3. The van der Waals surface area contributed by atoms with Gasteiger partial charge in [0.15, 0.2) is 0 Å². The van der Waals surface area contributed by atoms with Crippen molar-refractivity contribution < 1.29 is 0 Å². The second kappa shape index (κ2) is 11.7. The fourth-order valence-corrected chi connectivity index (χ4v) is 10.5. The molecule has 0 saturated carbocycles. The van der Waals surface area contributed by atoms with Crippen molar-refractivity contribution in [2.75, 3.05) is 0 Å². The van der Waals surface area contributed by atoms with Crippen LogP contribution in [-0.2, 0) is 5.41 Å². The predicted molar refractivity (Wildman–Crippen MR) is 196 cm³/mol. The molecular formula is C44H36Si. The highest BCUT2D eigenvalue weighted by Gasteiger charge is 2.38. The van der Waals surface area contributed by atoms with E-state index < -0.39 is 8.07 Å². The first kappa shape index (κ1) is 28.6. The van der Waals surface area contributed by atoms with Crippen LogP contribution < -0.4 is 15.6 Å². The van der Waals surface area contributed by atoms with Gasteiger partial charge in [-0.1, -0.05) is 190 Å². The molecule has 7 rings (SSSR count). The van der Waals surface area contributed by atoms with Gasteiger partial charge in [-0.15, -0.1) is 5.54 Å². The first-order chi connectivity index (χ1) is 22.0. The third-order valence-corrected chi connectivity index (χ3v) is 13.1. The minimum atomic E-state index is -2.74. The van der Waals surface area contributed by atoms with Crippen LogP contribution in [0.1, 0.15) is 31.9 Å². The quantitative estimate of drug-likeness (QED) is 0.0828. The largest absolute Gasteiger partial charge is 0.230 e. The van der Waals surface area contributed by atoms with Crippen LogP contribution in [0.4, 0.5) is 0 Å². The topological polar surface area (TPSA) is 0 Å². The van der Waals surface area contributed by atoms with E-state index in [1.807, 2.05) is 0 Å². The van der Waals surface area contributed by atoms with Crippen LogP contribution in [0.5, 0.6) is 0 Å². The molecule has 0 bridgehead atoms. The van der Waals surface area contributed by atoms with Crippen molar-refractivity contribution in [3.05, 3.63) is 175 Å². The summed E-state index contributed by atoms with van der Waals surface area (Å²) in [6.07, 6.45) is 0. The summed E-state index contributed by atoms with van der Waals surface area (Å²) in [6.45, 7) is 6.80. The van der Waals surface area contributed by atoms with Crippen molar-refractivity contribution in [3.8, 4) is 22.6 Å². The molecule has 7 aromatic carbocycles. The van der Waals surface area contributed by atoms with Crippen LogP contribution in [0.25, 0.3) is 32.7 Å². The van der Waals surface area contributed by atoms with Gasteiger partial charge in [0.1, 0.15) is 0 Å². The fraction of sp³-hybridized carbons (Fsp3) is 0.0909. The molecule has 0 aliphatic heterocycles. The highest BCUT2D eigenvalue weighted by Crippen LogP contribution is 2.39. The van der Waals surface area contributed by atoms with Gasteiger partial charge in [0, 0.05) is 5.56 Å². The average molecular weight is 593 g/mol. The summed E-state index contributed by atoms with van der Waals surface area (Å²) < 4.78 is 0. The Morgan fingerprint density at radius 2 is 0.800 bits per heavy atom. The van der Waals surface area contributed by atoms with Crippen molar-refractivity contribution in [2.45, 2.75) is 26.2 Å². The Morgan fingerprint density at radius 3 is 1.20 bits per heavy atom.